The van der Waals surface area contributed by atoms with Crippen molar-refractivity contribution in [1.82, 2.24) is 4.90 Å². The predicted molar refractivity (Wildman–Crippen MR) is 66.9 cm³/mol. The summed E-state index contributed by atoms with van der Waals surface area (Å²) < 4.78 is 5.22. The summed E-state index contributed by atoms with van der Waals surface area (Å²) in [5.41, 5.74) is 1.78. The van der Waals surface area contributed by atoms with Gasteiger partial charge in [0, 0.05) is 13.1 Å². The average molecular weight is 244 g/mol. The van der Waals surface area contributed by atoms with E-state index in [1.807, 2.05) is 31.2 Å². The van der Waals surface area contributed by atoms with Crippen LogP contribution in [-0.4, -0.2) is 37.1 Å². The van der Waals surface area contributed by atoms with Gasteiger partial charge in [-0.25, -0.2) is 0 Å². The summed E-state index contributed by atoms with van der Waals surface area (Å²) in [5, 5.41) is 9.28. The number of carbonyl (C=O) groups excluding carboxylic acids is 1. The molecule has 0 aliphatic carbocycles. The number of nitriles is 1. The molecule has 1 aliphatic heterocycles. The summed E-state index contributed by atoms with van der Waals surface area (Å²) in [5.74, 6) is -0.820. The zero-order valence-corrected chi connectivity index (χ0v) is 10.4. The van der Waals surface area contributed by atoms with E-state index in [1.54, 1.807) is 4.90 Å². The van der Waals surface area contributed by atoms with Crippen LogP contribution >= 0.6 is 0 Å². The van der Waals surface area contributed by atoms with Crippen LogP contribution in [0.15, 0.2) is 24.3 Å². The Bertz CT molecular complexity index is 473. The molecule has 1 atom stereocenters. The Hall–Kier alpha value is -1.86. The highest BCUT2D eigenvalue weighted by atomic mass is 16.5. The second-order valence-electron chi connectivity index (χ2n) is 4.36. The van der Waals surface area contributed by atoms with Crippen molar-refractivity contribution in [2.45, 2.75) is 12.8 Å². The highest BCUT2D eigenvalue weighted by Gasteiger charge is 2.27. The Morgan fingerprint density at radius 2 is 2.06 bits per heavy atom. The van der Waals surface area contributed by atoms with Crippen LogP contribution in [0.2, 0.25) is 0 Å². The number of ether oxygens (including phenoxy) is 1. The van der Waals surface area contributed by atoms with E-state index in [0.717, 1.165) is 11.1 Å². The van der Waals surface area contributed by atoms with Crippen molar-refractivity contribution in [2.75, 3.05) is 26.3 Å². The molecule has 1 fully saturated rings. The molecule has 1 amide bonds. The van der Waals surface area contributed by atoms with Gasteiger partial charge < -0.3 is 9.64 Å². The van der Waals surface area contributed by atoms with Gasteiger partial charge in [-0.1, -0.05) is 24.3 Å². The largest absolute Gasteiger partial charge is 0.378 e. The molecular formula is C14H16N2O2. The molecule has 1 saturated heterocycles. The standard InChI is InChI=1S/C14H16N2O2/c1-11-4-2-3-5-12(11)13(10-15)14(17)16-6-8-18-9-7-16/h2-5,13H,6-9H2,1H3. The van der Waals surface area contributed by atoms with Gasteiger partial charge in [-0.05, 0) is 18.1 Å². The molecule has 0 spiro atoms. The fraction of sp³-hybridized carbons (Fsp3) is 0.429. The number of benzene rings is 1. The van der Waals surface area contributed by atoms with Crippen molar-refractivity contribution < 1.29 is 9.53 Å². The van der Waals surface area contributed by atoms with Crippen molar-refractivity contribution in [3.63, 3.8) is 0 Å². The first-order valence-electron chi connectivity index (χ1n) is 6.05. The van der Waals surface area contributed by atoms with E-state index >= 15 is 0 Å². The predicted octanol–water partition coefficient (Wildman–Crippen LogP) is 1.46. The van der Waals surface area contributed by atoms with E-state index in [0.29, 0.717) is 26.3 Å². The summed E-state index contributed by atoms with van der Waals surface area (Å²) >= 11 is 0. The first kappa shape index (κ1) is 12.6. The quantitative estimate of drug-likeness (QED) is 0.791. The number of amides is 1. The van der Waals surface area contributed by atoms with Crippen LogP contribution in [0.25, 0.3) is 0 Å². The lowest BCUT2D eigenvalue weighted by Gasteiger charge is -2.28. The number of morpholine rings is 1. The number of carbonyl (C=O) groups is 1. The number of hydrogen-bond donors (Lipinski definition) is 0. The molecule has 2 rings (SSSR count). The second kappa shape index (κ2) is 5.65. The molecule has 0 bridgehead atoms. The van der Waals surface area contributed by atoms with Gasteiger partial charge in [-0.2, -0.15) is 5.26 Å². The average Bonchev–Trinajstić information content (AvgIpc) is 2.42. The van der Waals surface area contributed by atoms with Gasteiger partial charge in [0.1, 0.15) is 0 Å². The van der Waals surface area contributed by atoms with Crippen LogP contribution in [0, 0.1) is 18.3 Å². The van der Waals surface area contributed by atoms with Crippen molar-refractivity contribution in [2.24, 2.45) is 0 Å². The minimum absolute atomic E-state index is 0.116. The van der Waals surface area contributed by atoms with Gasteiger partial charge in [0.15, 0.2) is 5.92 Å². The fourth-order valence-electron chi connectivity index (χ4n) is 2.13. The SMILES string of the molecule is Cc1ccccc1C(C#N)C(=O)N1CCOCC1. The molecule has 18 heavy (non-hydrogen) atoms. The Morgan fingerprint density at radius 3 is 2.67 bits per heavy atom. The van der Waals surface area contributed by atoms with Gasteiger partial charge in [-0.15, -0.1) is 0 Å². The van der Waals surface area contributed by atoms with E-state index < -0.39 is 5.92 Å². The summed E-state index contributed by atoms with van der Waals surface area (Å²) in [7, 11) is 0. The van der Waals surface area contributed by atoms with Crippen molar-refractivity contribution >= 4 is 5.91 Å². The van der Waals surface area contributed by atoms with Gasteiger partial charge in [0.25, 0.3) is 0 Å². The maximum atomic E-state index is 12.3. The van der Waals surface area contributed by atoms with Crippen LogP contribution in [0.4, 0.5) is 0 Å². The summed E-state index contributed by atoms with van der Waals surface area (Å²) in [6.45, 7) is 4.17. The molecule has 1 aliphatic rings. The molecule has 1 aromatic rings. The molecular weight excluding hydrogens is 228 g/mol. The lowest BCUT2D eigenvalue weighted by Crippen LogP contribution is -2.43. The maximum absolute atomic E-state index is 12.3. The Kier molecular flexibility index (Phi) is 3.96. The summed E-state index contributed by atoms with van der Waals surface area (Å²) in [4.78, 5) is 14.0. The molecule has 94 valence electrons. The van der Waals surface area contributed by atoms with E-state index in [9.17, 15) is 10.1 Å². The summed E-state index contributed by atoms with van der Waals surface area (Å²) in [6, 6.07) is 9.67. The van der Waals surface area contributed by atoms with Crippen molar-refractivity contribution in [3.05, 3.63) is 35.4 Å². The zero-order chi connectivity index (χ0) is 13.0. The first-order chi connectivity index (χ1) is 8.74. The van der Waals surface area contributed by atoms with Crippen LogP contribution in [-0.2, 0) is 9.53 Å². The van der Waals surface area contributed by atoms with Gasteiger partial charge in [-0.3, -0.25) is 4.79 Å². The molecule has 0 saturated carbocycles. The number of nitrogens with zero attached hydrogens (tertiary/aromatic N) is 2. The first-order valence-corrected chi connectivity index (χ1v) is 6.05. The minimum atomic E-state index is -0.704. The second-order valence-corrected chi connectivity index (χ2v) is 4.36. The Balaban J connectivity index is 2.21. The minimum Gasteiger partial charge on any atom is -0.378 e. The molecule has 0 radical (unpaired) electrons. The lowest BCUT2D eigenvalue weighted by molar-refractivity contribution is -0.135. The van der Waals surface area contributed by atoms with Crippen LogP contribution < -0.4 is 0 Å². The topological polar surface area (TPSA) is 53.3 Å². The van der Waals surface area contributed by atoms with Crippen LogP contribution in [0.1, 0.15) is 17.0 Å². The Morgan fingerprint density at radius 1 is 1.39 bits per heavy atom. The Labute approximate surface area is 107 Å². The van der Waals surface area contributed by atoms with Gasteiger partial charge >= 0.3 is 0 Å². The van der Waals surface area contributed by atoms with Crippen LogP contribution in [0.3, 0.4) is 0 Å². The van der Waals surface area contributed by atoms with Crippen molar-refractivity contribution in [3.8, 4) is 6.07 Å². The maximum Gasteiger partial charge on any atom is 0.244 e. The number of hydrogen-bond acceptors (Lipinski definition) is 3. The molecule has 1 aromatic carbocycles. The van der Waals surface area contributed by atoms with E-state index in [4.69, 9.17) is 4.74 Å². The molecule has 1 heterocycles. The third kappa shape index (κ3) is 2.52. The monoisotopic (exact) mass is 244 g/mol. The highest BCUT2D eigenvalue weighted by molar-refractivity contribution is 5.87. The number of rotatable bonds is 2. The van der Waals surface area contributed by atoms with E-state index in [1.165, 1.54) is 0 Å². The van der Waals surface area contributed by atoms with E-state index in [-0.39, 0.29) is 5.91 Å². The molecule has 0 N–H and O–H groups in total. The smallest absolute Gasteiger partial charge is 0.244 e. The van der Waals surface area contributed by atoms with Crippen LogP contribution in [0.5, 0.6) is 0 Å². The molecule has 4 heteroatoms. The fourth-order valence-corrected chi connectivity index (χ4v) is 2.13. The van der Waals surface area contributed by atoms with Gasteiger partial charge in [0.05, 0.1) is 19.3 Å². The zero-order valence-electron chi connectivity index (χ0n) is 10.4. The molecule has 4 nitrogen and oxygen atoms in total. The van der Waals surface area contributed by atoms with Crippen molar-refractivity contribution in [1.29, 1.82) is 5.26 Å². The van der Waals surface area contributed by atoms with E-state index in [2.05, 4.69) is 6.07 Å². The normalized spacial score (nSPS) is 17.0. The number of aryl methyl sites for hydroxylation is 1. The molecule has 0 aromatic heterocycles. The third-order valence-corrected chi connectivity index (χ3v) is 3.20. The summed E-state index contributed by atoms with van der Waals surface area (Å²) in [6.07, 6.45) is 0. The van der Waals surface area contributed by atoms with Gasteiger partial charge in [0.2, 0.25) is 5.91 Å². The third-order valence-electron chi connectivity index (χ3n) is 3.20. The molecule has 1 unspecified atom stereocenters. The lowest BCUT2D eigenvalue weighted by atomic mass is 9.94. The highest BCUT2D eigenvalue weighted by Crippen LogP contribution is 2.21.